The highest BCUT2D eigenvalue weighted by molar-refractivity contribution is 6.39. The van der Waals surface area contributed by atoms with Crippen LogP contribution in [-0.4, -0.2) is 119 Å². The molecule has 360 valence electrons. The number of hydrogen-bond acceptors (Lipinski definition) is 12. The molecular formula is C51H79NO12. The van der Waals surface area contributed by atoms with Crippen molar-refractivity contribution in [3.8, 4) is 0 Å². The van der Waals surface area contributed by atoms with E-state index in [1.165, 1.54) is 12.0 Å². The van der Waals surface area contributed by atoms with E-state index in [4.69, 9.17) is 18.9 Å². The highest BCUT2D eigenvalue weighted by Crippen LogP contribution is 2.38. The summed E-state index contributed by atoms with van der Waals surface area (Å²) in [5, 5.41) is 33.8. The first kappa shape index (κ1) is 53.3. The van der Waals surface area contributed by atoms with Crippen molar-refractivity contribution in [3.63, 3.8) is 0 Å². The lowest BCUT2D eigenvalue weighted by Crippen LogP contribution is -2.60. The number of amides is 1. The van der Waals surface area contributed by atoms with Crippen LogP contribution in [0, 0.1) is 41.4 Å². The fraction of sp³-hybridized carbons (Fsp3) is 0.745. The molecule has 0 radical (unpaired) electrons. The summed E-state index contributed by atoms with van der Waals surface area (Å²) in [5.74, 6) is -7.66. The molecule has 2 bridgehead atoms. The van der Waals surface area contributed by atoms with E-state index in [9.17, 15) is 39.3 Å². The van der Waals surface area contributed by atoms with Crippen LogP contribution in [0.3, 0.4) is 0 Å². The number of ketones is 3. The molecule has 3 heterocycles. The first-order valence-corrected chi connectivity index (χ1v) is 23.9. The van der Waals surface area contributed by atoms with E-state index >= 15 is 0 Å². The summed E-state index contributed by atoms with van der Waals surface area (Å²) in [5.41, 5.74) is 1.46. The Morgan fingerprint density at radius 1 is 0.844 bits per heavy atom. The molecule has 1 aliphatic carbocycles. The molecule has 2 saturated heterocycles. The number of methoxy groups -OCH3 is 2. The molecule has 1 amide bonds. The number of hydrogen-bond donors (Lipinski definition) is 3. The Labute approximate surface area is 382 Å². The van der Waals surface area contributed by atoms with Gasteiger partial charge in [0.2, 0.25) is 5.79 Å². The molecule has 1 unspecified atom stereocenters. The molecule has 3 aliphatic heterocycles. The summed E-state index contributed by atoms with van der Waals surface area (Å²) in [6.07, 6.45) is 12.5. The van der Waals surface area contributed by atoms with Gasteiger partial charge in [0.1, 0.15) is 30.1 Å². The number of piperidine rings is 1. The van der Waals surface area contributed by atoms with Crippen LogP contribution >= 0.6 is 0 Å². The average molecular weight is 898 g/mol. The molecule has 64 heavy (non-hydrogen) atoms. The van der Waals surface area contributed by atoms with E-state index in [0.29, 0.717) is 63.4 Å². The smallest absolute Gasteiger partial charge is 0.329 e. The Hall–Kier alpha value is -3.33. The van der Waals surface area contributed by atoms with Gasteiger partial charge in [0, 0.05) is 44.9 Å². The Morgan fingerprint density at radius 2 is 1.56 bits per heavy atom. The minimum absolute atomic E-state index is 0.0315. The normalized spacial score (nSPS) is 40.9. The lowest BCUT2D eigenvalue weighted by molar-refractivity contribution is -0.264. The predicted octanol–water partition coefficient (Wildman–Crippen LogP) is 6.80. The van der Waals surface area contributed by atoms with Crippen LogP contribution in [0.15, 0.2) is 47.6 Å². The van der Waals surface area contributed by atoms with Crippen molar-refractivity contribution in [2.45, 2.75) is 181 Å². The molecule has 3 N–H and O–H groups in total. The number of ether oxygens (including phenoxy) is 4. The summed E-state index contributed by atoms with van der Waals surface area (Å²) >= 11 is 0. The maximum atomic E-state index is 14.3. The summed E-state index contributed by atoms with van der Waals surface area (Å²) in [7, 11) is 2.95. The van der Waals surface area contributed by atoms with Crippen molar-refractivity contribution < 1.29 is 58.2 Å². The van der Waals surface area contributed by atoms with Crippen molar-refractivity contribution in [2.24, 2.45) is 41.4 Å². The number of aliphatic hydroxyl groups is 3. The largest absolute Gasteiger partial charge is 0.460 e. The zero-order valence-electron chi connectivity index (χ0n) is 40.2. The summed E-state index contributed by atoms with van der Waals surface area (Å²) in [6.45, 7) is 15.0. The molecule has 4 rings (SSSR count). The van der Waals surface area contributed by atoms with E-state index in [2.05, 4.69) is 0 Å². The molecular weight excluding hydrogens is 819 g/mol. The maximum absolute atomic E-state index is 14.3. The molecule has 13 nitrogen and oxygen atoms in total. The van der Waals surface area contributed by atoms with Crippen molar-refractivity contribution in [3.05, 3.63) is 47.6 Å². The molecule has 0 spiro atoms. The van der Waals surface area contributed by atoms with Gasteiger partial charge >= 0.3 is 5.97 Å². The van der Waals surface area contributed by atoms with E-state index in [1.807, 2.05) is 65.0 Å². The molecule has 0 aromatic carbocycles. The molecule has 0 aromatic rings. The lowest BCUT2D eigenvalue weighted by Gasteiger charge is -2.42. The van der Waals surface area contributed by atoms with Crippen LogP contribution in [0.4, 0.5) is 0 Å². The Bertz CT molecular complexity index is 1740. The summed E-state index contributed by atoms with van der Waals surface area (Å²) < 4.78 is 23.6. The average Bonchev–Trinajstić information content (AvgIpc) is 3.26. The van der Waals surface area contributed by atoms with Gasteiger partial charge in [-0.1, -0.05) is 83.6 Å². The van der Waals surface area contributed by atoms with Crippen molar-refractivity contribution in [2.75, 3.05) is 20.8 Å². The van der Waals surface area contributed by atoms with Crippen molar-refractivity contribution in [1.29, 1.82) is 0 Å². The maximum Gasteiger partial charge on any atom is 0.329 e. The van der Waals surface area contributed by atoms with Crippen LogP contribution in [0.5, 0.6) is 0 Å². The van der Waals surface area contributed by atoms with Gasteiger partial charge in [-0.2, -0.15) is 0 Å². The molecule has 3 fully saturated rings. The quantitative estimate of drug-likeness (QED) is 0.149. The first-order valence-electron chi connectivity index (χ1n) is 23.9. The monoisotopic (exact) mass is 898 g/mol. The molecule has 0 aromatic heterocycles. The third-order valence-corrected chi connectivity index (χ3v) is 14.6. The number of rotatable bonds is 5. The third-order valence-electron chi connectivity index (χ3n) is 14.6. The number of carbonyl (C=O) groups is 5. The van der Waals surface area contributed by atoms with Crippen LogP contribution in [0.2, 0.25) is 0 Å². The number of cyclic esters (lactones) is 1. The van der Waals surface area contributed by atoms with E-state index < -0.39 is 77.8 Å². The Morgan fingerprint density at radius 3 is 2.25 bits per heavy atom. The zero-order chi connectivity index (χ0) is 47.5. The minimum atomic E-state index is -2.37. The summed E-state index contributed by atoms with van der Waals surface area (Å²) in [4.78, 5) is 71.7. The van der Waals surface area contributed by atoms with Gasteiger partial charge in [0.15, 0.2) is 5.78 Å². The van der Waals surface area contributed by atoms with Gasteiger partial charge < -0.3 is 39.2 Å². The highest BCUT2D eigenvalue weighted by atomic mass is 16.6. The topological polar surface area (TPSA) is 186 Å². The Kier molecular flexibility index (Phi) is 20.4. The first-order chi connectivity index (χ1) is 30.2. The van der Waals surface area contributed by atoms with Crippen molar-refractivity contribution in [1.82, 2.24) is 4.90 Å². The van der Waals surface area contributed by atoms with E-state index in [-0.39, 0.29) is 60.7 Å². The van der Waals surface area contributed by atoms with Crippen LogP contribution in [0.1, 0.15) is 132 Å². The molecule has 13 heteroatoms. The minimum Gasteiger partial charge on any atom is -0.460 e. The number of carbonyl (C=O) groups excluding carboxylic acids is 5. The number of allylic oxidation sites excluding steroid dienone is 7. The van der Waals surface area contributed by atoms with Gasteiger partial charge in [-0.25, -0.2) is 4.79 Å². The van der Waals surface area contributed by atoms with Gasteiger partial charge in [-0.3, -0.25) is 19.2 Å². The zero-order valence-corrected chi connectivity index (χ0v) is 40.2. The van der Waals surface area contributed by atoms with Gasteiger partial charge in [-0.15, -0.1) is 0 Å². The number of nitrogens with zero attached hydrogens (tertiary/aromatic N) is 1. The number of esters is 1. The number of fused-ring (bicyclic) bond motifs is 3. The second-order valence-electron chi connectivity index (χ2n) is 19.8. The second kappa shape index (κ2) is 24.4. The fourth-order valence-electron chi connectivity index (χ4n) is 10.0. The molecule has 4 aliphatic rings. The molecule has 1 saturated carbocycles. The Balaban J connectivity index is 1.69. The third kappa shape index (κ3) is 13.9. The summed E-state index contributed by atoms with van der Waals surface area (Å²) in [6, 6.07) is -1.12. The SMILES string of the molecule is CO[C@@H]1C[C@H](C[C@@H](C)[C@@H]2CC(=O)[C@H](C)/C=C(\C)[C@@H](O)[C@@H](OC)C(=O)[C@H](C)C[C@H](C)/C=C/C=C/C=C(\C)C(C)C[C@@H]3CC[C@@H](C)[C@@](O)(O3)C(=O)C(=O)N3CCCC[C@H]3C(=O)O2)CC[C@@H]1O. The van der Waals surface area contributed by atoms with Gasteiger partial charge in [-0.05, 0) is 114 Å². The lowest BCUT2D eigenvalue weighted by atomic mass is 9.78. The standard InChI is InChI=1S/C51H79NO12/c1-30-16-12-11-13-17-31(2)32(3)27-39-21-19-37(8)51(60,64-39)48(57)49(58)52-23-15-14-18-40(52)50(59)63-43(34(5)26-38-20-22-41(53)44(28-38)61-9)29-42(54)33(4)25-36(7)46(56)47(62-10)45(55)35(6)24-30/h11-13,16-17,25,30,32-35,37-41,43-44,46-47,53,56,60H,14-15,18-24,26-29H2,1-10H3/b13-11+,16-12+,31-17+,36-25+/t30-,32?,33-,34-,35-,37-,38+,39+,40+,41+,43+,44-,46-,47+,51-/m1/s1. The van der Waals surface area contributed by atoms with Crippen molar-refractivity contribution >= 4 is 29.2 Å². The van der Waals surface area contributed by atoms with E-state index in [0.717, 1.165) is 12.0 Å². The number of Topliss-reactive ketones (excluding diaryl/α,β-unsaturated/α-hetero) is 3. The predicted molar refractivity (Wildman–Crippen MR) is 244 cm³/mol. The second-order valence-corrected chi connectivity index (χ2v) is 19.8. The highest BCUT2D eigenvalue weighted by Gasteiger charge is 2.53. The fourth-order valence-corrected chi connectivity index (χ4v) is 10.0. The van der Waals surface area contributed by atoms with Crippen LogP contribution < -0.4 is 0 Å². The van der Waals surface area contributed by atoms with Crippen LogP contribution in [0.25, 0.3) is 0 Å². The van der Waals surface area contributed by atoms with E-state index in [1.54, 1.807) is 34.0 Å². The van der Waals surface area contributed by atoms with Gasteiger partial charge in [0.05, 0.1) is 18.3 Å². The molecule has 15 atom stereocenters. The number of aliphatic hydroxyl groups excluding tert-OH is 2. The van der Waals surface area contributed by atoms with Crippen LogP contribution in [-0.2, 0) is 42.9 Å². The van der Waals surface area contributed by atoms with Gasteiger partial charge in [0.25, 0.3) is 11.7 Å².